The number of hydrogen-bond donors (Lipinski definition) is 0. The first-order chi connectivity index (χ1) is 7.50. The molecular formula is C9H6F3N3O. The van der Waals surface area contributed by atoms with Crippen LogP contribution >= 0.6 is 0 Å². The number of hydrogen-bond acceptors (Lipinski definition) is 3. The molecule has 0 amide bonds. The van der Waals surface area contributed by atoms with E-state index in [9.17, 15) is 18.0 Å². The maximum absolute atomic E-state index is 12.4. The lowest BCUT2D eigenvalue weighted by molar-refractivity contribution is -0.137. The van der Waals surface area contributed by atoms with Crippen molar-refractivity contribution >= 4 is 11.9 Å². The van der Waals surface area contributed by atoms with Crippen LogP contribution in [0.15, 0.2) is 18.3 Å². The molecular weight excluding hydrogens is 223 g/mol. The largest absolute Gasteiger partial charge is 0.416 e. The third kappa shape index (κ3) is 1.88. The lowest BCUT2D eigenvalue weighted by Gasteiger charge is -2.05. The SMILES string of the molecule is O=CCc1nc2cc(C(F)(F)F)ccn2n1. The summed E-state index contributed by atoms with van der Waals surface area (Å²) in [5.74, 6) is 0.203. The molecule has 0 saturated carbocycles. The topological polar surface area (TPSA) is 47.3 Å². The van der Waals surface area contributed by atoms with Crippen molar-refractivity contribution in [1.82, 2.24) is 14.6 Å². The van der Waals surface area contributed by atoms with Crippen LogP contribution in [0, 0.1) is 0 Å². The highest BCUT2D eigenvalue weighted by Gasteiger charge is 2.30. The standard InChI is InChI=1S/C9H6F3N3O/c10-9(11,12)6-1-3-15-8(5-6)13-7(14-15)2-4-16/h1,3-5H,2H2. The molecule has 16 heavy (non-hydrogen) atoms. The van der Waals surface area contributed by atoms with Gasteiger partial charge >= 0.3 is 6.18 Å². The number of carbonyl (C=O) groups is 1. The minimum Gasteiger partial charge on any atom is -0.303 e. The minimum absolute atomic E-state index is 0.0109. The maximum atomic E-state index is 12.4. The van der Waals surface area contributed by atoms with Gasteiger partial charge in [-0.3, -0.25) is 0 Å². The molecule has 0 spiro atoms. The van der Waals surface area contributed by atoms with Crippen molar-refractivity contribution in [1.29, 1.82) is 0 Å². The number of aromatic nitrogens is 3. The van der Waals surface area contributed by atoms with Crippen LogP contribution in [-0.2, 0) is 17.4 Å². The van der Waals surface area contributed by atoms with E-state index in [1.807, 2.05) is 0 Å². The molecule has 0 bridgehead atoms. The number of alkyl halides is 3. The van der Waals surface area contributed by atoms with Crippen LogP contribution in [0.1, 0.15) is 11.4 Å². The van der Waals surface area contributed by atoms with E-state index >= 15 is 0 Å². The summed E-state index contributed by atoms with van der Waals surface area (Å²) in [6.07, 6.45) is -2.65. The Hall–Kier alpha value is -1.92. The van der Waals surface area contributed by atoms with E-state index in [1.54, 1.807) is 0 Å². The zero-order chi connectivity index (χ0) is 11.8. The second kappa shape index (κ2) is 3.58. The average molecular weight is 229 g/mol. The molecule has 2 rings (SSSR count). The Bertz CT molecular complexity index is 532. The van der Waals surface area contributed by atoms with E-state index in [2.05, 4.69) is 10.1 Å². The van der Waals surface area contributed by atoms with Crippen LogP contribution in [0.3, 0.4) is 0 Å². The van der Waals surface area contributed by atoms with Crippen molar-refractivity contribution < 1.29 is 18.0 Å². The molecule has 0 aromatic carbocycles. The van der Waals surface area contributed by atoms with Gasteiger partial charge < -0.3 is 4.79 Å². The highest BCUT2D eigenvalue weighted by Crippen LogP contribution is 2.29. The van der Waals surface area contributed by atoms with Gasteiger partial charge in [-0.15, -0.1) is 0 Å². The molecule has 0 aliphatic heterocycles. The number of fused-ring (bicyclic) bond motifs is 1. The molecule has 0 aliphatic rings. The lowest BCUT2D eigenvalue weighted by atomic mass is 10.2. The molecule has 4 nitrogen and oxygen atoms in total. The predicted octanol–water partition coefficient (Wildman–Crippen LogP) is 1.49. The smallest absolute Gasteiger partial charge is 0.303 e. The first-order valence-electron chi connectivity index (χ1n) is 4.37. The maximum Gasteiger partial charge on any atom is 0.416 e. The average Bonchev–Trinajstić information content (AvgIpc) is 2.57. The summed E-state index contributed by atoms with van der Waals surface area (Å²) in [4.78, 5) is 14.0. The molecule has 0 aliphatic carbocycles. The Labute approximate surface area is 87.7 Å². The van der Waals surface area contributed by atoms with Gasteiger partial charge in [0.25, 0.3) is 0 Å². The monoisotopic (exact) mass is 229 g/mol. The quantitative estimate of drug-likeness (QED) is 0.733. The van der Waals surface area contributed by atoms with Gasteiger partial charge in [-0.25, -0.2) is 9.50 Å². The second-order valence-corrected chi connectivity index (χ2v) is 3.11. The molecule has 0 radical (unpaired) electrons. The van der Waals surface area contributed by atoms with Crippen molar-refractivity contribution in [2.24, 2.45) is 0 Å². The van der Waals surface area contributed by atoms with Crippen molar-refractivity contribution in [3.63, 3.8) is 0 Å². The summed E-state index contributed by atoms with van der Waals surface area (Å²) in [6.45, 7) is 0. The van der Waals surface area contributed by atoms with Crippen LogP contribution in [-0.4, -0.2) is 20.9 Å². The summed E-state index contributed by atoms with van der Waals surface area (Å²) in [6, 6.07) is 1.80. The van der Waals surface area contributed by atoms with Gasteiger partial charge in [0.2, 0.25) is 0 Å². The van der Waals surface area contributed by atoms with Crippen molar-refractivity contribution in [3.8, 4) is 0 Å². The third-order valence-corrected chi connectivity index (χ3v) is 1.97. The molecule has 2 aromatic heterocycles. The van der Waals surface area contributed by atoms with E-state index in [4.69, 9.17) is 0 Å². The van der Waals surface area contributed by atoms with E-state index in [-0.39, 0.29) is 17.9 Å². The molecule has 0 fully saturated rings. The summed E-state index contributed by atoms with van der Waals surface area (Å²) in [5.41, 5.74) is -0.711. The van der Waals surface area contributed by atoms with E-state index in [0.29, 0.717) is 6.29 Å². The predicted molar refractivity (Wildman–Crippen MR) is 47.8 cm³/mol. The first-order valence-corrected chi connectivity index (χ1v) is 4.37. The molecule has 0 atom stereocenters. The molecule has 2 heterocycles. The number of nitrogens with zero attached hydrogens (tertiary/aromatic N) is 3. The number of rotatable bonds is 2. The number of carbonyl (C=O) groups excluding carboxylic acids is 1. The highest BCUT2D eigenvalue weighted by atomic mass is 19.4. The van der Waals surface area contributed by atoms with Crippen molar-refractivity contribution in [2.45, 2.75) is 12.6 Å². The molecule has 0 N–H and O–H groups in total. The molecule has 0 saturated heterocycles. The molecule has 2 aromatic rings. The number of pyridine rings is 1. The fourth-order valence-electron chi connectivity index (χ4n) is 1.26. The van der Waals surface area contributed by atoms with Crippen molar-refractivity contribution in [3.05, 3.63) is 29.7 Å². The summed E-state index contributed by atoms with van der Waals surface area (Å²) in [5, 5.41) is 3.83. The minimum atomic E-state index is -4.40. The second-order valence-electron chi connectivity index (χ2n) is 3.11. The Balaban J connectivity index is 2.49. The van der Waals surface area contributed by atoms with Crippen molar-refractivity contribution in [2.75, 3.05) is 0 Å². The van der Waals surface area contributed by atoms with Gasteiger partial charge in [0.1, 0.15) is 6.29 Å². The Morgan fingerprint density at radius 2 is 2.19 bits per heavy atom. The van der Waals surface area contributed by atoms with Gasteiger partial charge in [0.05, 0.1) is 12.0 Å². The molecule has 0 unspecified atom stereocenters. The van der Waals surface area contributed by atoms with Crippen LogP contribution in [0.25, 0.3) is 5.65 Å². The lowest BCUT2D eigenvalue weighted by Crippen LogP contribution is -2.05. The van der Waals surface area contributed by atoms with Crippen LogP contribution in [0.2, 0.25) is 0 Å². The van der Waals surface area contributed by atoms with Gasteiger partial charge in [-0.1, -0.05) is 0 Å². The van der Waals surface area contributed by atoms with Gasteiger partial charge in [-0.2, -0.15) is 18.3 Å². The molecule has 84 valence electrons. The van der Waals surface area contributed by atoms with E-state index in [1.165, 1.54) is 10.7 Å². The zero-order valence-corrected chi connectivity index (χ0v) is 7.90. The van der Waals surface area contributed by atoms with Gasteiger partial charge in [0, 0.05) is 6.20 Å². The van der Waals surface area contributed by atoms with E-state index < -0.39 is 11.7 Å². The number of aldehydes is 1. The fourth-order valence-corrected chi connectivity index (χ4v) is 1.26. The first kappa shape index (κ1) is 10.6. The van der Waals surface area contributed by atoms with Gasteiger partial charge in [0.15, 0.2) is 11.5 Å². The Kier molecular flexibility index (Phi) is 2.37. The highest BCUT2D eigenvalue weighted by molar-refractivity contribution is 5.53. The Morgan fingerprint density at radius 1 is 1.44 bits per heavy atom. The summed E-state index contributed by atoms with van der Waals surface area (Å²) < 4.78 is 38.3. The van der Waals surface area contributed by atoms with Crippen LogP contribution in [0.5, 0.6) is 0 Å². The summed E-state index contributed by atoms with van der Waals surface area (Å²) >= 11 is 0. The summed E-state index contributed by atoms with van der Waals surface area (Å²) in [7, 11) is 0. The van der Waals surface area contributed by atoms with Gasteiger partial charge in [-0.05, 0) is 12.1 Å². The number of halogens is 3. The fraction of sp³-hybridized carbons (Fsp3) is 0.222. The third-order valence-electron chi connectivity index (χ3n) is 1.97. The van der Waals surface area contributed by atoms with Crippen LogP contribution < -0.4 is 0 Å². The Morgan fingerprint density at radius 3 is 2.81 bits per heavy atom. The zero-order valence-electron chi connectivity index (χ0n) is 7.90. The normalized spacial score (nSPS) is 11.9. The van der Waals surface area contributed by atoms with E-state index in [0.717, 1.165) is 12.1 Å². The van der Waals surface area contributed by atoms with Crippen LogP contribution in [0.4, 0.5) is 13.2 Å². The molecule has 7 heteroatoms.